The Hall–Kier alpha value is -3.95. The fourth-order valence-electron chi connectivity index (χ4n) is 2.94. The van der Waals surface area contributed by atoms with Crippen LogP contribution in [0.2, 0.25) is 0 Å². The van der Waals surface area contributed by atoms with E-state index in [9.17, 15) is 19.5 Å². The predicted molar refractivity (Wildman–Crippen MR) is 109 cm³/mol. The number of amides is 2. The monoisotopic (exact) mass is 410 g/mol. The minimum Gasteiger partial charge on any atom is -0.477 e. The summed E-state index contributed by atoms with van der Waals surface area (Å²) in [5.74, 6) is -2.39. The van der Waals surface area contributed by atoms with E-state index >= 15 is 0 Å². The van der Waals surface area contributed by atoms with Crippen molar-refractivity contribution in [2.75, 3.05) is 11.9 Å². The number of aryl methyl sites for hydroxylation is 2. The second-order valence-corrected chi connectivity index (χ2v) is 6.53. The summed E-state index contributed by atoms with van der Waals surface area (Å²) < 4.78 is 2.62. The van der Waals surface area contributed by atoms with Crippen LogP contribution in [-0.2, 0) is 20.0 Å². The van der Waals surface area contributed by atoms with E-state index in [2.05, 4.69) is 20.8 Å². The molecule has 0 saturated heterocycles. The molecule has 0 fully saturated rings. The van der Waals surface area contributed by atoms with E-state index in [0.717, 1.165) is 10.2 Å². The molecule has 3 aromatic rings. The van der Waals surface area contributed by atoms with Gasteiger partial charge in [-0.1, -0.05) is 30.3 Å². The van der Waals surface area contributed by atoms with E-state index in [1.165, 1.54) is 24.1 Å². The van der Waals surface area contributed by atoms with Crippen molar-refractivity contribution in [3.8, 4) is 0 Å². The van der Waals surface area contributed by atoms with Gasteiger partial charge in [-0.2, -0.15) is 10.2 Å². The van der Waals surface area contributed by atoms with Crippen LogP contribution in [-0.4, -0.2) is 49.0 Å². The van der Waals surface area contributed by atoms with Crippen LogP contribution in [0, 0.1) is 0 Å². The van der Waals surface area contributed by atoms with Crippen molar-refractivity contribution >= 4 is 23.5 Å². The summed E-state index contributed by atoms with van der Waals surface area (Å²) >= 11 is 0. The van der Waals surface area contributed by atoms with Crippen LogP contribution in [0.5, 0.6) is 0 Å². The zero-order valence-corrected chi connectivity index (χ0v) is 16.6. The third kappa shape index (κ3) is 4.54. The summed E-state index contributed by atoms with van der Waals surface area (Å²) in [7, 11) is 1.43. The molecule has 2 aromatic heterocycles. The lowest BCUT2D eigenvalue weighted by molar-refractivity contribution is 0.0680. The van der Waals surface area contributed by atoms with Gasteiger partial charge in [0.1, 0.15) is 0 Å². The standard InChI is InChI=1S/C20H22N6O4/c1-3-26-12-15(23-18(27)14-11-22-25(2)17(14)20(29)30)16(24-26)19(28)21-10-9-13-7-5-4-6-8-13/h4-8,11-12H,3,9-10H2,1-2H3,(H,21,28)(H,23,27)(H,29,30). The molecule has 156 valence electrons. The first-order chi connectivity index (χ1) is 14.4. The van der Waals surface area contributed by atoms with Gasteiger partial charge in [-0.05, 0) is 18.9 Å². The molecule has 10 heteroatoms. The second-order valence-electron chi connectivity index (χ2n) is 6.53. The molecular weight excluding hydrogens is 388 g/mol. The summed E-state index contributed by atoms with van der Waals surface area (Å²) in [6, 6.07) is 9.72. The molecule has 0 aliphatic heterocycles. The van der Waals surface area contributed by atoms with E-state index in [4.69, 9.17) is 0 Å². The molecule has 0 aliphatic carbocycles. The van der Waals surface area contributed by atoms with Gasteiger partial charge < -0.3 is 15.7 Å². The van der Waals surface area contributed by atoms with Crippen LogP contribution >= 0.6 is 0 Å². The first kappa shape index (κ1) is 20.8. The molecule has 1 aromatic carbocycles. The van der Waals surface area contributed by atoms with Crippen LogP contribution in [0.4, 0.5) is 5.69 Å². The highest BCUT2D eigenvalue weighted by atomic mass is 16.4. The van der Waals surface area contributed by atoms with Gasteiger partial charge in [0.25, 0.3) is 11.8 Å². The fourth-order valence-corrected chi connectivity index (χ4v) is 2.94. The lowest BCUT2D eigenvalue weighted by Gasteiger charge is -2.07. The highest BCUT2D eigenvalue weighted by Crippen LogP contribution is 2.17. The van der Waals surface area contributed by atoms with Crippen molar-refractivity contribution in [1.29, 1.82) is 0 Å². The van der Waals surface area contributed by atoms with E-state index in [0.29, 0.717) is 19.5 Å². The molecule has 3 rings (SSSR count). The lowest BCUT2D eigenvalue weighted by Crippen LogP contribution is -2.27. The van der Waals surface area contributed by atoms with Crippen molar-refractivity contribution in [3.63, 3.8) is 0 Å². The number of nitrogens with zero attached hydrogens (tertiary/aromatic N) is 4. The van der Waals surface area contributed by atoms with Crippen LogP contribution < -0.4 is 10.6 Å². The zero-order valence-electron chi connectivity index (χ0n) is 16.6. The van der Waals surface area contributed by atoms with Crippen LogP contribution in [0.1, 0.15) is 43.8 Å². The highest BCUT2D eigenvalue weighted by Gasteiger charge is 2.24. The number of rotatable bonds is 8. The molecule has 0 saturated carbocycles. The third-order valence-electron chi connectivity index (χ3n) is 4.48. The van der Waals surface area contributed by atoms with Gasteiger partial charge in [-0.25, -0.2) is 4.79 Å². The van der Waals surface area contributed by atoms with Crippen molar-refractivity contribution in [2.24, 2.45) is 7.05 Å². The third-order valence-corrected chi connectivity index (χ3v) is 4.48. The Balaban J connectivity index is 1.74. The summed E-state index contributed by atoms with van der Waals surface area (Å²) in [6.07, 6.45) is 3.35. The Morgan fingerprint density at radius 1 is 1.13 bits per heavy atom. The van der Waals surface area contributed by atoms with Crippen molar-refractivity contribution < 1.29 is 19.5 Å². The van der Waals surface area contributed by atoms with Gasteiger partial charge in [-0.3, -0.25) is 19.0 Å². The van der Waals surface area contributed by atoms with E-state index < -0.39 is 17.8 Å². The number of hydrogen-bond donors (Lipinski definition) is 3. The largest absolute Gasteiger partial charge is 0.477 e. The number of carbonyl (C=O) groups is 3. The maximum Gasteiger partial charge on any atom is 0.354 e. The number of carboxylic acid groups (broad SMARTS) is 1. The number of aromatic carboxylic acids is 1. The van der Waals surface area contributed by atoms with E-state index in [1.807, 2.05) is 37.3 Å². The number of anilines is 1. The van der Waals surface area contributed by atoms with Crippen LogP contribution in [0.15, 0.2) is 42.7 Å². The maximum absolute atomic E-state index is 12.6. The van der Waals surface area contributed by atoms with Gasteiger partial charge in [-0.15, -0.1) is 0 Å². The molecule has 0 atom stereocenters. The van der Waals surface area contributed by atoms with Crippen LogP contribution in [0.25, 0.3) is 0 Å². The molecule has 3 N–H and O–H groups in total. The number of nitrogens with one attached hydrogen (secondary N) is 2. The van der Waals surface area contributed by atoms with Crippen molar-refractivity contribution in [2.45, 2.75) is 19.9 Å². The maximum atomic E-state index is 12.6. The number of hydrogen-bond acceptors (Lipinski definition) is 5. The number of benzene rings is 1. The molecule has 10 nitrogen and oxygen atoms in total. The quantitative estimate of drug-likeness (QED) is 0.516. The molecule has 2 heterocycles. The van der Waals surface area contributed by atoms with Gasteiger partial charge in [0.2, 0.25) is 0 Å². The van der Waals surface area contributed by atoms with Crippen molar-refractivity contribution in [1.82, 2.24) is 24.9 Å². The molecule has 2 amide bonds. The molecule has 0 unspecified atom stereocenters. The van der Waals surface area contributed by atoms with E-state index in [1.54, 1.807) is 0 Å². The first-order valence-electron chi connectivity index (χ1n) is 9.37. The summed E-state index contributed by atoms with van der Waals surface area (Å²) in [4.78, 5) is 36.7. The van der Waals surface area contributed by atoms with Gasteiger partial charge >= 0.3 is 5.97 Å². The Bertz CT molecular complexity index is 1070. The summed E-state index contributed by atoms with van der Waals surface area (Å²) in [5.41, 5.74) is 0.982. The topological polar surface area (TPSA) is 131 Å². The fraction of sp³-hybridized carbons (Fsp3) is 0.250. The average molecular weight is 410 g/mol. The smallest absolute Gasteiger partial charge is 0.354 e. The molecule has 0 bridgehead atoms. The average Bonchev–Trinajstić information content (AvgIpc) is 3.32. The van der Waals surface area contributed by atoms with Gasteiger partial charge in [0, 0.05) is 26.3 Å². The zero-order chi connectivity index (χ0) is 21.7. The molecular formula is C20H22N6O4. The number of carbonyl (C=O) groups excluding carboxylic acids is 2. The first-order valence-corrected chi connectivity index (χ1v) is 9.37. The van der Waals surface area contributed by atoms with Gasteiger partial charge in [0.05, 0.1) is 17.4 Å². The molecule has 0 aliphatic rings. The predicted octanol–water partition coefficient (Wildman–Crippen LogP) is 1.56. The van der Waals surface area contributed by atoms with E-state index in [-0.39, 0.29) is 22.6 Å². The highest BCUT2D eigenvalue weighted by molar-refractivity contribution is 6.12. The molecule has 0 spiro atoms. The Morgan fingerprint density at radius 2 is 1.87 bits per heavy atom. The minimum absolute atomic E-state index is 0.0547. The SMILES string of the molecule is CCn1cc(NC(=O)c2cnn(C)c2C(=O)O)c(C(=O)NCCc2ccccc2)n1. The van der Waals surface area contributed by atoms with Crippen LogP contribution in [0.3, 0.4) is 0 Å². The van der Waals surface area contributed by atoms with Crippen molar-refractivity contribution in [3.05, 3.63) is 65.2 Å². The molecule has 0 radical (unpaired) electrons. The Kier molecular flexibility index (Phi) is 6.26. The second kappa shape index (κ2) is 9.03. The number of carboxylic acids is 1. The Labute approximate surface area is 172 Å². The normalized spacial score (nSPS) is 10.6. The van der Waals surface area contributed by atoms with Gasteiger partial charge in [0.15, 0.2) is 11.4 Å². The Morgan fingerprint density at radius 3 is 2.53 bits per heavy atom. The minimum atomic E-state index is -1.27. The summed E-state index contributed by atoms with van der Waals surface area (Å²) in [6.45, 7) is 2.74. The molecule has 30 heavy (non-hydrogen) atoms. The summed E-state index contributed by atoms with van der Waals surface area (Å²) in [5, 5.41) is 22.7. The lowest BCUT2D eigenvalue weighted by atomic mass is 10.1. The number of aromatic nitrogens is 4.